The van der Waals surface area contributed by atoms with E-state index in [9.17, 15) is 14.4 Å². The van der Waals surface area contributed by atoms with Crippen LogP contribution in [0.15, 0.2) is 17.5 Å². The molecule has 0 aromatic carbocycles. The number of nitrogens with zero attached hydrogens (tertiary/aromatic N) is 1. The van der Waals surface area contributed by atoms with E-state index < -0.39 is 12.0 Å². The van der Waals surface area contributed by atoms with Crippen molar-refractivity contribution in [3.8, 4) is 0 Å². The van der Waals surface area contributed by atoms with Gasteiger partial charge < -0.3 is 15.0 Å². The number of esters is 1. The van der Waals surface area contributed by atoms with Crippen molar-refractivity contribution in [3.05, 3.63) is 22.4 Å². The van der Waals surface area contributed by atoms with Gasteiger partial charge in [-0.3, -0.25) is 14.4 Å². The Bertz CT molecular complexity index is 544. The highest BCUT2D eigenvalue weighted by atomic mass is 32.1. The first-order chi connectivity index (χ1) is 10.5. The van der Waals surface area contributed by atoms with Gasteiger partial charge in [0, 0.05) is 13.1 Å². The van der Waals surface area contributed by atoms with E-state index in [1.54, 1.807) is 19.1 Å². The molecule has 1 aliphatic heterocycles. The smallest absolute Gasteiger partial charge is 0.308 e. The van der Waals surface area contributed by atoms with Crippen LogP contribution in [0.25, 0.3) is 0 Å². The highest BCUT2D eigenvalue weighted by molar-refractivity contribution is 7.12. The maximum atomic E-state index is 12.5. The first-order valence-electron chi connectivity index (χ1n) is 7.34. The van der Waals surface area contributed by atoms with Crippen LogP contribution in [0.4, 0.5) is 0 Å². The average Bonchev–Trinajstić information content (AvgIpc) is 3.02. The van der Waals surface area contributed by atoms with E-state index in [4.69, 9.17) is 4.74 Å². The molecule has 1 N–H and O–H groups in total. The number of piperazine rings is 1. The molecule has 1 aromatic heterocycles. The van der Waals surface area contributed by atoms with Crippen LogP contribution in [0.2, 0.25) is 0 Å². The van der Waals surface area contributed by atoms with Gasteiger partial charge >= 0.3 is 5.97 Å². The van der Waals surface area contributed by atoms with Crippen LogP contribution >= 0.6 is 11.3 Å². The molecule has 2 atom stereocenters. The number of hydrogen-bond acceptors (Lipinski definition) is 5. The number of carbonyl (C=O) groups is 3. The van der Waals surface area contributed by atoms with Crippen molar-refractivity contribution in [2.45, 2.75) is 38.8 Å². The molecule has 7 heteroatoms. The second kappa shape index (κ2) is 7.40. The van der Waals surface area contributed by atoms with Gasteiger partial charge in [-0.15, -0.1) is 11.3 Å². The lowest BCUT2D eigenvalue weighted by molar-refractivity contribution is -0.151. The van der Waals surface area contributed by atoms with Crippen LogP contribution in [-0.2, 0) is 14.3 Å². The zero-order valence-electron chi connectivity index (χ0n) is 12.7. The summed E-state index contributed by atoms with van der Waals surface area (Å²) in [6.45, 7) is 4.50. The first kappa shape index (κ1) is 16.5. The van der Waals surface area contributed by atoms with Crippen LogP contribution in [0.3, 0.4) is 0 Å². The Morgan fingerprint density at radius 3 is 2.95 bits per heavy atom. The number of thiophene rings is 1. The van der Waals surface area contributed by atoms with Gasteiger partial charge in [-0.05, 0) is 24.8 Å². The molecule has 2 unspecified atom stereocenters. The standard InChI is InChI=1S/C15H20N2O4S/c1-3-10(2)21-13(18)9-11-14(19)16-6-7-17(11)15(20)12-5-4-8-22-12/h4-5,8,10-11H,3,6-7,9H2,1-2H3,(H,16,19). The molecule has 2 rings (SSSR count). The molecule has 120 valence electrons. The first-order valence-corrected chi connectivity index (χ1v) is 8.22. The molecule has 0 saturated carbocycles. The Labute approximate surface area is 133 Å². The number of ether oxygens (including phenoxy) is 1. The third-order valence-corrected chi connectivity index (χ3v) is 4.45. The topological polar surface area (TPSA) is 75.7 Å². The van der Waals surface area contributed by atoms with Crippen LogP contribution in [0, 0.1) is 0 Å². The summed E-state index contributed by atoms with van der Waals surface area (Å²) >= 11 is 1.32. The lowest BCUT2D eigenvalue weighted by atomic mass is 10.1. The van der Waals surface area contributed by atoms with E-state index in [0.717, 1.165) is 0 Å². The van der Waals surface area contributed by atoms with Gasteiger partial charge in [-0.1, -0.05) is 13.0 Å². The van der Waals surface area contributed by atoms with E-state index in [1.807, 2.05) is 12.3 Å². The number of nitrogens with one attached hydrogen (secondary N) is 1. The Balaban J connectivity index is 2.08. The van der Waals surface area contributed by atoms with Crippen molar-refractivity contribution in [2.24, 2.45) is 0 Å². The fourth-order valence-corrected chi connectivity index (χ4v) is 2.90. The summed E-state index contributed by atoms with van der Waals surface area (Å²) in [7, 11) is 0. The highest BCUT2D eigenvalue weighted by Gasteiger charge is 2.36. The summed E-state index contributed by atoms with van der Waals surface area (Å²) in [6, 6.07) is 2.70. The van der Waals surface area contributed by atoms with Crippen LogP contribution < -0.4 is 5.32 Å². The van der Waals surface area contributed by atoms with Crippen LogP contribution in [0.5, 0.6) is 0 Å². The number of hydrogen-bond donors (Lipinski definition) is 1. The SMILES string of the molecule is CCC(C)OC(=O)CC1C(=O)NCCN1C(=O)c1cccs1. The van der Waals surface area contributed by atoms with E-state index in [0.29, 0.717) is 24.4 Å². The van der Waals surface area contributed by atoms with Crippen molar-refractivity contribution in [2.75, 3.05) is 13.1 Å². The minimum atomic E-state index is -0.806. The lowest BCUT2D eigenvalue weighted by Crippen LogP contribution is -2.57. The Morgan fingerprint density at radius 2 is 2.32 bits per heavy atom. The average molecular weight is 324 g/mol. The second-order valence-electron chi connectivity index (χ2n) is 5.20. The van der Waals surface area contributed by atoms with Gasteiger partial charge in [-0.2, -0.15) is 0 Å². The molecule has 1 saturated heterocycles. The quantitative estimate of drug-likeness (QED) is 0.831. The van der Waals surface area contributed by atoms with E-state index in [2.05, 4.69) is 5.32 Å². The molecule has 0 spiro atoms. The molecule has 0 bridgehead atoms. The molecule has 0 aliphatic carbocycles. The van der Waals surface area contributed by atoms with Crippen molar-refractivity contribution >= 4 is 29.1 Å². The van der Waals surface area contributed by atoms with E-state index >= 15 is 0 Å². The summed E-state index contributed by atoms with van der Waals surface area (Å²) in [4.78, 5) is 38.5. The monoisotopic (exact) mass is 324 g/mol. The van der Waals surface area contributed by atoms with E-state index in [-0.39, 0.29) is 24.3 Å². The zero-order chi connectivity index (χ0) is 16.1. The molecule has 2 amide bonds. The van der Waals surface area contributed by atoms with Crippen molar-refractivity contribution < 1.29 is 19.1 Å². The summed E-state index contributed by atoms with van der Waals surface area (Å²) < 4.78 is 5.22. The number of carbonyl (C=O) groups excluding carboxylic acids is 3. The van der Waals surface area contributed by atoms with Gasteiger partial charge in [0.05, 0.1) is 17.4 Å². The maximum Gasteiger partial charge on any atom is 0.308 e. The van der Waals surface area contributed by atoms with E-state index in [1.165, 1.54) is 16.2 Å². The second-order valence-corrected chi connectivity index (χ2v) is 6.14. The molecule has 22 heavy (non-hydrogen) atoms. The van der Waals surface area contributed by atoms with Gasteiger partial charge in [0.2, 0.25) is 5.91 Å². The fourth-order valence-electron chi connectivity index (χ4n) is 2.22. The van der Waals surface area contributed by atoms with Crippen molar-refractivity contribution in [1.82, 2.24) is 10.2 Å². The molecule has 1 aliphatic rings. The molecular weight excluding hydrogens is 304 g/mol. The molecule has 1 aromatic rings. The summed E-state index contributed by atoms with van der Waals surface area (Å²) in [5.74, 6) is -0.983. The van der Waals surface area contributed by atoms with Gasteiger partial charge in [0.15, 0.2) is 0 Å². The minimum absolute atomic E-state index is 0.118. The van der Waals surface area contributed by atoms with Gasteiger partial charge in [0.25, 0.3) is 5.91 Å². The van der Waals surface area contributed by atoms with Gasteiger partial charge in [-0.25, -0.2) is 0 Å². The van der Waals surface area contributed by atoms with Crippen LogP contribution in [0.1, 0.15) is 36.4 Å². The Kier molecular flexibility index (Phi) is 5.54. The normalized spacial score (nSPS) is 19.5. The minimum Gasteiger partial charge on any atom is -0.463 e. The molecule has 0 radical (unpaired) electrons. The third kappa shape index (κ3) is 3.85. The third-order valence-electron chi connectivity index (χ3n) is 3.59. The predicted octanol–water partition coefficient (Wildman–Crippen LogP) is 1.42. The molecule has 6 nitrogen and oxygen atoms in total. The lowest BCUT2D eigenvalue weighted by Gasteiger charge is -2.34. The highest BCUT2D eigenvalue weighted by Crippen LogP contribution is 2.18. The van der Waals surface area contributed by atoms with Crippen LogP contribution in [-0.4, -0.2) is 47.9 Å². The molecular formula is C15H20N2O4S. The maximum absolute atomic E-state index is 12.5. The Morgan fingerprint density at radius 1 is 1.55 bits per heavy atom. The van der Waals surface area contributed by atoms with Crippen molar-refractivity contribution in [1.29, 1.82) is 0 Å². The summed E-state index contributed by atoms with van der Waals surface area (Å²) in [5.41, 5.74) is 0. The summed E-state index contributed by atoms with van der Waals surface area (Å²) in [6.07, 6.45) is 0.397. The molecule has 1 fully saturated rings. The fraction of sp³-hybridized carbons (Fsp3) is 0.533. The number of rotatable bonds is 5. The largest absolute Gasteiger partial charge is 0.463 e. The molecule has 2 heterocycles. The number of amides is 2. The predicted molar refractivity (Wildman–Crippen MR) is 82.6 cm³/mol. The van der Waals surface area contributed by atoms with Crippen molar-refractivity contribution in [3.63, 3.8) is 0 Å². The van der Waals surface area contributed by atoms with Gasteiger partial charge in [0.1, 0.15) is 6.04 Å². The Hall–Kier alpha value is -1.89. The zero-order valence-corrected chi connectivity index (χ0v) is 13.5. The summed E-state index contributed by atoms with van der Waals surface area (Å²) in [5, 5.41) is 4.51.